The summed E-state index contributed by atoms with van der Waals surface area (Å²) in [6.07, 6.45) is 0.551. The minimum Gasteiger partial charge on any atom is -0.389 e. The van der Waals surface area contributed by atoms with Gasteiger partial charge in [0.15, 0.2) is 0 Å². The fourth-order valence-electron chi connectivity index (χ4n) is 3.90. The average Bonchev–Trinajstić information content (AvgIpc) is 3.07. The topological polar surface area (TPSA) is 45.5 Å². The van der Waals surface area contributed by atoms with Crippen LogP contribution < -0.4 is 0 Å². The smallest absolute Gasteiger partial charge is 0.222 e. The van der Waals surface area contributed by atoms with Crippen molar-refractivity contribution in [2.45, 2.75) is 38.5 Å². The zero-order valence-corrected chi connectivity index (χ0v) is 14.5. The van der Waals surface area contributed by atoms with Gasteiger partial charge in [0.2, 0.25) is 5.91 Å². The molecule has 4 rings (SSSR count). The molecule has 3 aromatic rings. The highest BCUT2D eigenvalue weighted by Gasteiger charge is 2.29. The normalized spacial score (nSPS) is 19.0. The van der Waals surface area contributed by atoms with Crippen LogP contribution >= 0.6 is 0 Å². The first-order chi connectivity index (χ1) is 12.4. The monoisotopic (exact) mass is 358 g/mol. The molecule has 136 valence electrons. The molecule has 1 aliphatic heterocycles. The maximum atomic E-state index is 13.7. The average molecular weight is 358 g/mol. The van der Waals surface area contributed by atoms with E-state index in [9.17, 15) is 18.7 Å². The minimum absolute atomic E-state index is 0.0583. The first kappa shape index (κ1) is 17.0. The van der Waals surface area contributed by atoms with E-state index in [1.54, 1.807) is 17.0 Å². The molecule has 1 amide bonds. The van der Waals surface area contributed by atoms with Crippen molar-refractivity contribution in [1.29, 1.82) is 0 Å². The van der Waals surface area contributed by atoms with Crippen molar-refractivity contribution in [2.24, 2.45) is 0 Å². The summed E-state index contributed by atoms with van der Waals surface area (Å²) < 4.78 is 29.3. The van der Waals surface area contributed by atoms with Gasteiger partial charge in [-0.05, 0) is 49.7 Å². The SMILES string of the molecule is C[C@@H]1CCC(=O)N1C[C@H](O)Cn1c2ccc(F)cc2c2cc(F)ccc21. The molecule has 0 aliphatic carbocycles. The Morgan fingerprint density at radius 1 is 1.08 bits per heavy atom. The lowest BCUT2D eigenvalue weighted by molar-refractivity contribution is -0.130. The third kappa shape index (κ3) is 2.84. The van der Waals surface area contributed by atoms with Crippen LogP contribution in [0.3, 0.4) is 0 Å². The van der Waals surface area contributed by atoms with E-state index in [4.69, 9.17) is 0 Å². The fourth-order valence-corrected chi connectivity index (χ4v) is 3.90. The number of β-amino-alcohol motifs (C(OH)–C–C–N with tert-alkyl or cyclic N) is 1. The number of nitrogens with zero attached hydrogens (tertiary/aromatic N) is 2. The summed E-state index contributed by atoms with van der Waals surface area (Å²) in [5, 5.41) is 11.8. The van der Waals surface area contributed by atoms with E-state index in [1.807, 2.05) is 11.5 Å². The maximum absolute atomic E-state index is 13.7. The first-order valence-corrected chi connectivity index (χ1v) is 8.78. The maximum Gasteiger partial charge on any atom is 0.222 e. The van der Waals surface area contributed by atoms with E-state index in [1.165, 1.54) is 24.3 Å². The molecule has 1 aromatic heterocycles. The third-order valence-electron chi connectivity index (χ3n) is 5.22. The molecule has 4 nitrogen and oxygen atoms in total. The summed E-state index contributed by atoms with van der Waals surface area (Å²) in [6, 6.07) is 8.87. The van der Waals surface area contributed by atoms with Crippen LogP contribution in [0.4, 0.5) is 8.78 Å². The quantitative estimate of drug-likeness (QED) is 0.777. The number of halogens is 2. The summed E-state index contributed by atoms with van der Waals surface area (Å²) in [7, 11) is 0. The molecule has 1 N–H and O–H groups in total. The summed E-state index contributed by atoms with van der Waals surface area (Å²) in [5.74, 6) is -0.724. The highest BCUT2D eigenvalue weighted by molar-refractivity contribution is 6.08. The second-order valence-corrected chi connectivity index (χ2v) is 7.02. The Labute approximate surface area is 149 Å². The molecule has 2 aromatic carbocycles. The summed E-state index contributed by atoms with van der Waals surface area (Å²) >= 11 is 0. The Morgan fingerprint density at radius 3 is 2.15 bits per heavy atom. The van der Waals surface area contributed by atoms with Gasteiger partial charge >= 0.3 is 0 Å². The molecule has 2 atom stereocenters. The van der Waals surface area contributed by atoms with Crippen LogP contribution in [0.25, 0.3) is 21.8 Å². The second kappa shape index (κ2) is 6.36. The van der Waals surface area contributed by atoms with Gasteiger partial charge in [0.05, 0.1) is 12.6 Å². The van der Waals surface area contributed by atoms with Gasteiger partial charge in [-0.25, -0.2) is 8.78 Å². The molecule has 0 spiro atoms. The number of benzene rings is 2. The number of carbonyl (C=O) groups is 1. The van der Waals surface area contributed by atoms with Crippen LogP contribution in [0.2, 0.25) is 0 Å². The lowest BCUT2D eigenvalue weighted by atomic mass is 10.1. The van der Waals surface area contributed by atoms with Crippen molar-refractivity contribution in [3.05, 3.63) is 48.0 Å². The molecular weight excluding hydrogens is 338 g/mol. The molecule has 6 heteroatoms. The van der Waals surface area contributed by atoms with Gasteiger partial charge in [0.25, 0.3) is 0 Å². The van der Waals surface area contributed by atoms with Gasteiger partial charge in [0.1, 0.15) is 11.6 Å². The van der Waals surface area contributed by atoms with E-state index in [0.717, 1.165) is 17.5 Å². The van der Waals surface area contributed by atoms with E-state index < -0.39 is 17.7 Å². The molecule has 0 radical (unpaired) electrons. The van der Waals surface area contributed by atoms with Crippen LogP contribution in [-0.4, -0.2) is 39.2 Å². The van der Waals surface area contributed by atoms with Crippen molar-refractivity contribution in [3.63, 3.8) is 0 Å². The molecule has 0 saturated carbocycles. The fraction of sp³-hybridized carbons (Fsp3) is 0.350. The number of amides is 1. The number of aliphatic hydroxyl groups excluding tert-OH is 1. The van der Waals surface area contributed by atoms with Crippen molar-refractivity contribution in [1.82, 2.24) is 9.47 Å². The van der Waals surface area contributed by atoms with Crippen LogP contribution in [0.15, 0.2) is 36.4 Å². The van der Waals surface area contributed by atoms with Crippen LogP contribution in [0.5, 0.6) is 0 Å². The van der Waals surface area contributed by atoms with Gasteiger partial charge in [-0.1, -0.05) is 0 Å². The minimum atomic E-state index is -0.770. The first-order valence-electron chi connectivity index (χ1n) is 8.78. The standard InChI is InChI=1S/C20H20F2N2O2/c1-12-2-7-20(26)23(12)10-15(25)11-24-18-5-3-13(21)8-16(18)17-9-14(22)4-6-19(17)24/h3-6,8-9,12,15,25H,2,7,10-11H2,1H3/t12-,15+/m1/s1. The zero-order valence-electron chi connectivity index (χ0n) is 14.5. The summed E-state index contributed by atoms with van der Waals surface area (Å²) in [5.41, 5.74) is 1.46. The largest absolute Gasteiger partial charge is 0.389 e. The number of carbonyl (C=O) groups excluding carboxylic acids is 1. The Balaban J connectivity index is 1.72. The Bertz CT molecular complexity index is 939. The van der Waals surface area contributed by atoms with E-state index >= 15 is 0 Å². The van der Waals surface area contributed by atoms with Crippen molar-refractivity contribution in [2.75, 3.05) is 6.54 Å². The van der Waals surface area contributed by atoms with E-state index in [2.05, 4.69) is 0 Å². The second-order valence-electron chi connectivity index (χ2n) is 7.02. The third-order valence-corrected chi connectivity index (χ3v) is 5.22. The molecule has 2 heterocycles. The predicted molar refractivity (Wildman–Crippen MR) is 95.8 cm³/mol. The molecule has 1 saturated heterocycles. The number of likely N-dealkylation sites (tertiary alicyclic amines) is 1. The van der Waals surface area contributed by atoms with Crippen LogP contribution in [0.1, 0.15) is 19.8 Å². The summed E-state index contributed by atoms with van der Waals surface area (Å²) in [6.45, 7) is 2.47. The number of hydrogen-bond acceptors (Lipinski definition) is 2. The van der Waals surface area contributed by atoms with Gasteiger partial charge in [-0.2, -0.15) is 0 Å². The van der Waals surface area contributed by atoms with Crippen molar-refractivity contribution in [3.8, 4) is 0 Å². The molecule has 1 fully saturated rings. The van der Waals surface area contributed by atoms with Gasteiger partial charge < -0.3 is 14.6 Å². The predicted octanol–water partition coefficient (Wildman–Crippen LogP) is 3.44. The highest BCUT2D eigenvalue weighted by atomic mass is 19.1. The van der Waals surface area contributed by atoms with Gasteiger partial charge in [0, 0.05) is 40.8 Å². The number of aromatic nitrogens is 1. The highest BCUT2D eigenvalue weighted by Crippen LogP contribution is 2.30. The Morgan fingerprint density at radius 2 is 1.65 bits per heavy atom. The molecule has 26 heavy (non-hydrogen) atoms. The Hall–Kier alpha value is -2.47. The summed E-state index contributed by atoms with van der Waals surface area (Å²) in [4.78, 5) is 13.7. The molecule has 0 unspecified atom stereocenters. The van der Waals surface area contributed by atoms with Gasteiger partial charge in [-0.15, -0.1) is 0 Å². The van der Waals surface area contributed by atoms with Crippen molar-refractivity contribution >= 4 is 27.7 Å². The van der Waals surface area contributed by atoms with Gasteiger partial charge in [-0.3, -0.25) is 4.79 Å². The lowest BCUT2D eigenvalue weighted by Crippen LogP contribution is -2.39. The van der Waals surface area contributed by atoms with E-state index in [0.29, 0.717) is 17.2 Å². The Kier molecular flexibility index (Phi) is 4.15. The molecule has 0 bridgehead atoms. The van der Waals surface area contributed by atoms with E-state index in [-0.39, 0.29) is 25.0 Å². The molecular formula is C20H20F2N2O2. The lowest BCUT2D eigenvalue weighted by Gasteiger charge is -2.25. The number of rotatable bonds is 4. The zero-order chi connectivity index (χ0) is 18.4. The number of hydrogen-bond donors (Lipinski definition) is 1. The number of fused-ring (bicyclic) bond motifs is 3. The number of aliphatic hydroxyl groups is 1. The van der Waals surface area contributed by atoms with Crippen LogP contribution in [-0.2, 0) is 11.3 Å². The molecule has 1 aliphatic rings. The van der Waals surface area contributed by atoms with Crippen molar-refractivity contribution < 1.29 is 18.7 Å². The van der Waals surface area contributed by atoms with Crippen LogP contribution in [0, 0.1) is 11.6 Å².